The summed E-state index contributed by atoms with van der Waals surface area (Å²) in [6.07, 6.45) is 0.784. The molecular formula is C18H16FN3O2S. The van der Waals surface area contributed by atoms with E-state index in [0.717, 1.165) is 6.42 Å². The van der Waals surface area contributed by atoms with E-state index in [4.69, 9.17) is 4.42 Å². The second kappa shape index (κ2) is 8.43. The highest BCUT2D eigenvalue weighted by Crippen LogP contribution is 2.23. The zero-order valence-corrected chi connectivity index (χ0v) is 14.1. The van der Waals surface area contributed by atoms with Gasteiger partial charge in [-0.25, -0.2) is 4.39 Å². The SMILES string of the molecule is O=C(CSc1nnc(-c2ccc(F)cc2)o1)NCCc1ccccc1. The number of benzene rings is 2. The van der Waals surface area contributed by atoms with Crippen molar-refractivity contribution in [2.24, 2.45) is 0 Å². The first-order valence-corrected chi connectivity index (χ1v) is 8.72. The topological polar surface area (TPSA) is 68.0 Å². The second-order valence-corrected chi connectivity index (χ2v) is 6.18. The molecule has 0 saturated heterocycles. The molecule has 5 nitrogen and oxygen atoms in total. The van der Waals surface area contributed by atoms with Crippen LogP contribution < -0.4 is 5.32 Å². The molecule has 128 valence electrons. The second-order valence-electron chi connectivity index (χ2n) is 5.25. The van der Waals surface area contributed by atoms with Gasteiger partial charge in [-0.3, -0.25) is 4.79 Å². The number of nitrogens with zero attached hydrogens (tertiary/aromatic N) is 2. The molecule has 3 rings (SSSR count). The van der Waals surface area contributed by atoms with E-state index in [2.05, 4.69) is 15.5 Å². The summed E-state index contributed by atoms with van der Waals surface area (Å²) in [6, 6.07) is 15.7. The Morgan fingerprint density at radius 3 is 2.60 bits per heavy atom. The van der Waals surface area contributed by atoms with Gasteiger partial charge in [-0.05, 0) is 36.2 Å². The normalized spacial score (nSPS) is 10.6. The average molecular weight is 357 g/mol. The van der Waals surface area contributed by atoms with Crippen molar-refractivity contribution in [3.05, 3.63) is 66.0 Å². The van der Waals surface area contributed by atoms with Gasteiger partial charge in [-0.15, -0.1) is 10.2 Å². The molecule has 3 aromatic rings. The van der Waals surface area contributed by atoms with E-state index in [0.29, 0.717) is 23.2 Å². The molecule has 0 bridgehead atoms. The summed E-state index contributed by atoms with van der Waals surface area (Å²) in [6.45, 7) is 0.577. The van der Waals surface area contributed by atoms with E-state index in [-0.39, 0.29) is 17.5 Å². The van der Waals surface area contributed by atoms with Crippen molar-refractivity contribution in [3.63, 3.8) is 0 Å². The Morgan fingerprint density at radius 1 is 1.08 bits per heavy atom. The third-order valence-corrected chi connectivity index (χ3v) is 4.22. The third-order valence-electron chi connectivity index (χ3n) is 3.40. The summed E-state index contributed by atoms with van der Waals surface area (Å²) < 4.78 is 18.4. The van der Waals surface area contributed by atoms with Crippen LogP contribution in [-0.4, -0.2) is 28.4 Å². The number of amides is 1. The van der Waals surface area contributed by atoms with Gasteiger partial charge in [-0.1, -0.05) is 42.1 Å². The van der Waals surface area contributed by atoms with E-state index in [1.54, 1.807) is 12.1 Å². The molecule has 25 heavy (non-hydrogen) atoms. The van der Waals surface area contributed by atoms with E-state index >= 15 is 0 Å². The van der Waals surface area contributed by atoms with Crippen molar-refractivity contribution in [3.8, 4) is 11.5 Å². The van der Waals surface area contributed by atoms with Gasteiger partial charge in [0.15, 0.2) is 0 Å². The lowest BCUT2D eigenvalue weighted by molar-refractivity contribution is -0.118. The van der Waals surface area contributed by atoms with Crippen LogP contribution in [0.25, 0.3) is 11.5 Å². The molecule has 2 aromatic carbocycles. The minimum atomic E-state index is -0.329. The van der Waals surface area contributed by atoms with Crippen LogP contribution in [0.3, 0.4) is 0 Å². The van der Waals surface area contributed by atoms with Crippen LogP contribution >= 0.6 is 11.8 Å². The molecule has 0 spiro atoms. The number of aromatic nitrogens is 2. The standard InChI is InChI=1S/C18H16FN3O2S/c19-15-8-6-14(7-9-15)17-21-22-18(24-17)25-12-16(23)20-11-10-13-4-2-1-3-5-13/h1-9H,10-12H2,(H,20,23). The summed E-state index contributed by atoms with van der Waals surface area (Å²) in [5, 5.41) is 10.9. The monoisotopic (exact) mass is 357 g/mol. The summed E-state index contributed by atoms with van der Waals surface area (Å²) in [4.78, 5) is 11.9. The summed E-state index contributed by atoms with van der Waals surface area (Å²) in [7, 11) is 0. The molecular weight excluding hydrogens is 341 g/mol. The number of rotatable bonds is 7. The van der Waals surface area contributed by atoms with Gasteiger partial charge in [0.25, 0.3) is 5.22 Å². The van der Waals surface area contributed by atoms with Gasteiger partial charge in [-0.2, -0.15) is 0 Å². The third kappa shape index (κ3) is 5.15. The Morgan fingerprint density at radius 2 is 1.84 bits per heavy atom. The highest BCUT2D eigenvalue weighted by atomic mass is 32.2. The van der Waals surface area contributed by atoms with Crippen molar-refractivity contribution in [2.75, 3.05) is 12.3 Å². The molecule has 0 aliphatic heterocycles. The van der Waals surface area contributed by atoms with Gasteiger partial charge in [0, 0.05) is 12.1 Å². The lowest BCUT2D eigenvalue weighted by atomic mass is 10.1. The Bertz CT molecular complexity index is 822. The average Bonchev–Trinajstić information content (AvgIpc) is 3.10. The maximum Gasteiger partial charge on any atom is 0.277 e. The first-order valence-electron chi connectivity index (χ1n) is 7.73. The molecule has 0 fully saturated rings. The lowest BCUT2D eigenvalue weighted by Crippen LogP contribution is -2.27. The maximum absolute atomic E-state index is 12.9. The molecule has 1 N–H and O–H groups in total. The van der Waals surface area contributed by atoms with Crippen molar-refractivity contribution in [1.82, 2.24) is 15.5 Å². The number of nitrogens with one attached hydrogen (secondary N) is 1. The number of hydrogen-bond donors (Lipinski definition) is 1. The van der Waals surface area contributed by atoms with E-state index in [1.807, 2.05) is 30.3 Å². The van der Waals surface area contributed by atoms with E-state index < -0.39 is 0 Å². The molecule has 0 unspecified atom stereocenters. The van der Waals surface area contributed by atoms with Crippen LogP contribution in [0, 0.1) is 5.82 Å². The zero-order chi connectivity index (χ0) is 17.5. The summed E-state index contributed by atoms with van der Waals surface area (Å²) >= 11 is 1.17. The van der Waals surface area contributed by atoms with Gasteiger partial charge in [0.2, 0.25) is 11.8 Å². The van der Waals surface area contributed by atoms with Gasteiger partial charge < -0.3 is 9.73 Å². The van der Waals surface area contributed by atoms with Crippen LogP contribution in [0.2, 0.25) is 0 Å². The van der Waals surface area contributed by atoms with Crippen molar-refractivity contribution >= 4 is 17.7 Å². The summed E-state index contributed by atoms with van der Waals surface area (Å²) in [5.74, 6) is 0.0688. The maximum atomic E-state index is 12.9. The minimum Gasteiger partial charge on any atom is -0.411 e. The summed E-state index contributed by atoms with van der Waals surface area (Å²) in [5.41, 5.74) is 1.81. The van der Waals surface area contributed by atoms with Crippen LogP contribution in [0.15, 0.2) is 64.2 Å². The van der Waals surface area contributed by atoms with Crippen LogP contribution in [-0.2, 0) is 11.2 Å². The first kappa shape index (κ1) is 17.2. The predicted octanol–water partition coefficient (Wildman–Crippen LogP) is 3.33. The minimum absolute atomic E-state index is 0.0949. The Balaban J connectivity index is 1.44. The van der Waals surface area contributed by atoms with Crippen molar-refractivity contribution in [1.29, 1.82) is 0 Å². The van der Waals surface area contributed by atoms with Gasteiger partial charge in [0.1, 0.15) is 5.82 Å². The highest BCUT2D eigenvalue weighted by molar-refractivity contribution is 7.99. The number of carbonyl (C=O) groups excluding carboxylic acids is 1. The lowest BCUT2D eigenvalue weighted by Gasteiger charge is -2.04. The molecule has 0 atom stereocenters. The highest BCUT2D eigenvalue weighted by Gasteiger charge is 2.11. The fraction of sp³-hybridized carbons (Fsp3) is 0.167. The molecule has 1 aromatic heterocycles. The molecule has 0 aliphatic rings. The predicted molar refractivity (Wildman–Crippen MR) is 93.6 cm³/mol. The number of halogens is 1. The molecule has 0 radical (unpaired) electrons. The molecule has 7 heteroatoms. The fourth-order valence-corrected chi connectivity index (χ4v) is 2.74. The molecule has 1 heterocycles. The van der Waals surface area contributed by atoms with Crippen LogP contribution in [0.1, 0.15) is 5.56 Å². The Labute approximate surface area is 148 Å². The molecule has 0 aliphatic carbocycles. The van der Waals surface area contributed by atoms with Gasteiger partial charge >= 0.3 is 0 Å². The zero-order valence-electron chi connectivity index (χ0n) is 13.3. The van der Waals surface area contributed by atoms with Crippen molar-refractivity contribution in [2.45, 2.75) is 11.6 Å². The Hall–Kier alpha value is -2.67. The van der Waals surface area contributed by atoms with E-state index in [9.17, 15) is 9.18 Å². The largest absolute Gasteiger partial charge is 0.411 e. The quantitative estimate of drug-likeness (QED) is 0.657. The van der Waals surface area contributed by atoms with Crippen LogP contribution in [0.5, 0.6) is 0 Å². The smallest absolute Gasteiger partial charge is 0.277 e. The number of thioether (sulfide) groups is 1. The van der Waals surface area contributed by atoms with E-state index in [1.165, 1.54) is 29.5 Å². The molecule has 0 saturated carbocycles. The number of carbonyl (C=O) groups is 1. The van der Waals surface area contributed by atoms with Crippen LogP contribution in [0.4, 0.5) is 4.39 Å². The first-order chi connectivity index (χ1) is 12.2. The fourth-order valence-electron chi connectivity index (χ4n) is 2.15. The Kier molecular flexibility index (Phi) is 5.79. The van der Waals surface area contributed by atoms with Crippen molar-refractivity contribution < 1.29 is 13.6 Å². The number of hydrogen-bond acceptors (Lipinski definition) is 5. The van der Waals surface area contributed by atoms with Gasteiger partial charge in [0.05, 0.1) is 5.75 Å². The molecule has 1 amide bonds.